The lowest BCUT2D eigenvalue weighted by molar-refractivity contribution is -0.149. The minimum absolute atomic E-state index is 0.0553. The van der Waals surface area contributed by atoms with Crippen molar-refractivity contribution in [3.8, 4) is 11.5 Å². The number of carbonyl (C=O) groups is 2. The summed E-state index contributed by atoms with van der Waals surface area (Å²) in [5.41, 5.74) is 2.31. The van der Waals surface area contributed by atoms with Crippen LogP contribution < -0.4 is 9.47 Å². The Morgan fingerprint density at radius 3 is 2.65 bits per heavy atom. The molecule has 0 aromatic heterocycles. The second-order valence-electron chi connectivity index (χ2n) is 5.00. The lowest BCUT2D eigenvalue weighted by atomic mass is 9.95. The Balaban J connectivity index is 2.46. The van der Waals surface area contributed by atoms with Crippen molar-refractivity contribution in [2.45, 2.75) is 33.2 Å². The third kappa shape index (κ3) is 3.30. The van der Waals surface area contributed by atoms with Gasteiger partial charge in [0.25, 0.3) is 0 Å². The lowest BCUT2D eigenvalue weighted by Gasteiger charge is -2.19. The minimum Gasteiger partial charge on any atom is -0.496 e. The second kappa shape index (κ2) is 7.43. The summed E-state index contributed by atoms with van der Waals surface area (Å²) in [5.74, 6) is 0.303. The summed E-state index contributed by atoms with van der Waals surface area (Å²) in [7, 11) is 3.01. The predicted octanol–water partition coefficient (Wildman–Crippen LogP) is 1.76. The molecule has 7 nitrogen and oxygen atoms in total. The summed E-state index contributed by atoms with van der Waals surface area (Å²) in [6.07, 6.45) is 0.326. The molecule has 1 aromatic carbocycles. The second-order valence-corrected chi connectivity index (χ2v) is 5.00. The van der Waals surface area contributed by atoms with Crippen LogP contribution in [0.2, 0.25) is 0 Å². The lowest BCUT2D eigenvalue weighted by Crippen LogP contribution is -2.17. The summed E-state index contributed by atoms with van der Waals surface area (Å²) in [6, 6.07) is 0. The van der Waals surface area contributed by atoms with Crippen LogP contribution in [0.4, 0.5) is 0 Å². The molecular formula is C16H20O7. The molecule has 2 rings (SSSR count). The van der Waals surface area contributed by atoms with E-state index in [0.29, 0.717) is 22.4 Å². The van der Waals surface area contributed by atoms with Gasteiger partial charge in [-0.1, -0.05) is 0 Å². The van der Waals surface area contributed by atoms with Gasteiger partial charge >= 0.3 is 5.97 Å². The van der Waals surface area contributed by atoms with Gasteiger partial charge in [0.1, 0.15) is 30.0 Å². The zero-order chi connectivity index (χ0) is 17.0. The van der Waals surface area contributed by atoms with Gasteiger partial charge < -0.3 is 28.5 Å². The van der Waals surface area contributed by atoms with Crippen molar-refractivity contribution in [1.29, 1.82) is 0 Å². The number of hydrogen-bond acceptors (Lipinski definition) is 7. The Morgan fingerprint density at radius 2 is 2.04 bits per heavy atom. The molecule has 0 spiro atoms. The summed E-state index contributed by atoms with van der Waals surface area (Å²) < 4.78 is 26.4. The van der Waals surface area contributed by atoms with Crippen LogP contribution in [0.3, 0.4) is 0 Å². The van der Waals surface area contributed by atoms with Gasteiger partial charge in [0, 0.05) is 24.7 Å². The molecule has 0 radical (unpaired) electrons. The first-order valence-corrected chi connectivity index (χ1v) is 7.15. The topological polar surface area (TPSA) is 80.3 Å². The number of fused-ring (bicyclic) bond motifs is 1. The van der Waals surface area contributed by atoms with Crippen LogP contribution in [-0.2, 0) is 32.0 Å². The van der Waals surface area contributed by atoms with Crippen LogP contribution in [0.1, 0.15) is 34.0 Å². The van der Waals surface area contributed by atoms with E-state index in [4.69, 9.17) is 23.7 Å². The number of aldehydes is 1. The van der Waals surface area contributed by atoms with Gasteiger partial charge in [-0.3, -0.25) is 0 Å². The monoisotopic (exact) mass is 324 g/mol. The number of cyclic esters (lactones) is 1. The van der Waals surface area contributed by atoms with Gasteiger partial charge in [0.2, 0.25) is 0 Å². The standard InChI is InChI=1S/C16H20O7/c1-9-12-7-21-16(18)13(12)15(23-8-22-10(2)19-3)11(5-6-17)14(9)20-4/h6,10H,5,7-8H2,1-4H3. The van der Waals surface area contributed by atoms with E-state index in [9.17, 15) is 9.59 Å². The molecule has 1 aliphatic rings. The molecule has 7 heteroatoms. The maximum Gasteiger partial charge on any atom is 0.342 e. The quantitative estimate of drug-likeness (QED) is 0.409. The number of esters is 1. The van der Waals surface area contributed by atoms with E-state index < -0.39 is 12.3 Å². The van der Waals surface area contributed by atoms with Gasteiger partial charge in [-0.25, -0.2) is 4.79 Å². The highest BCUT2D eigenvalue weighted by Crippen LogP contribution is 2.42. The van der Waals surface area contributed by atoms with Gasteiger partial charge in [-0.05, 0) is 19.4 Å². The number of hydrogen-bond donors (Lipinski definition) is 0. The van der Waals surface area contributed by atoms with Crippen molar-refractivity contribution in [2.24, 2.45) is 0 Å². The van der Waals surface area contributed by atoms with E-state index in [-0.39, 0.29) is 25.6 Å². The molecule has 0 saturated carbocycles. The van der Waals surface area contributed by atoms with Gasteiger partial charge in [0.05, 0.1) is 7.11 Å². The van der Waals surface area contributed by atoms with Crippen molar-refractivity contribution in [2.75, 3.05) is 21.0 Å². The largest absolute Gasteiger partial charge is 0.496 e. The highest BCUT2D eigenvalue weighted by atomic mass is 16.7. The smallest absolute Gasteiger partial charge is 0.342 e. The fraction of sp³-hybridized carbons (Fsp3) is 0.500. The van der Waals surface area contributed by atoms with Crippen LogP contribution in [0.15, 0.2) is 0 Å². The molecule has 23 heavy (non-hydrogen) atoms. The van der Waals surface area contributed by atoms with Crippen molar-refractivity contribution in [3.05, 3.63) is 22.3 Å². The van der Waals surface area contributed by atoms with Crippen LogP contribution in [-0.4, -0.2) is 39.6 Å². The van der Waals surface area contributed by atoms with E-state index in [0.717, 1.165) is 11.8 Å². The zero-order valence-corrected chi connectivity index (χ0v) is 13.6. The first kappa shape index (κ1) is 17.2. The summed E-state index contributed by atoms with van der Waals surface area (Å²) in [6.45, 7) is 3.56. The first-order chi connectivity index (χ1) is 11.0. The Hall–Kier alpha value is -2.12. The Morgan fingerprint density at radius 1 is 1.30 bits per heavy atom. The molecule has 0 fully saturated rings. The zero-order valence-electron chi connectivity index (χ0n) is 13.6. The fourth-order valence-electron chi connectivity index (χ4n) is 2.51. The van der Waals surface area contributed by atoms with Crippen molar-refractivity contribution in [1.82, 2.24) is 0 Å². The predicted molar refractivity (Wildman–Crippen MR) is 79.7 cm³/mol. The fourth-order valence-corrected chi connectivity index (χ4v) is 2.51. The maximum absolute atomic E-state index is 12.1. The summed E-state index contributed by atoms with van der Waals surface area (Å²) in [4.78, 5) is 23.1. The van der Waals surface area contributed by atoms with E-state index in [1.807, 2.05) is 6.92 Å². The van der Waals surface area contributed by atoms with E-state index in [1.54, 1.807) is 6.92 Å². The maximum atomic E-state index is 12.1. The highest BCUT2D eigenvalue weighted by molar-refractivity contribution is 5.98. The van der Waals surface area contributed by atoms with Gasteiger partial charge in [-0.15, -0.1) is 0 Å². The molecule has 1 unspecified atom stereocenters. The number of benzene rings is 1. The number of rotatable bonds is 8. The van der Waals surface area contributed by atoms with Gasteiger partial charge in [-0.2, -0.15) is 0 Å². The molecule has 1 aliphatic heterocycles. The van der Waals surface area contributed by atoms with Crippen LogP contribution >= 0.6 is 0 Å². The van der Waals surface area contributed by atoms with Crippen molar-refractivity contribution >= 4 is 12.3 Å². The van der Waals surface area contributed by atoms with E-state index in [2.05, 4.69) is 0 Å². The average molecular weight is 324 g/mol. The molecule has 1 aromatic rings. The molecule has 0 amide bonds. The molecule has 0 saturated heterocycles. The number of methoxy groups -OCH3 is 2. The molecule has 0 aliphatic carbocycles. The minimum atomic E-state index is -0.479. The van der Waals surface area contributed by atoms with Crippen LogP contribution in [0.25, 0.3) is 0 Å². The molecule has 126 valence electrons. The SMILES string of the molecule is COc1c(C)c2c(c(OCOC(C)OC)c1CC=O)C(=O)OC2. The Labute approximate surface area is 134 Å². The molecule has 0 bridgehead atoms. The number of carbonyl (C=O) groups excluding carboxylic acids is 2. The molecule has 1 heterocycles. The normalized spacial score (nSPS) is 14.2. The Kier molecular flexibility index (Phi) is 5.57. The number of ether oxygens (including phenoxy) is 5. The third-order valence-corrected chi connectivity index (χ3v) is 3.75. The van der Waals surface area contributed by atoms with Crippen LogP contribution in [0.5, 0.6) is 11.5 Å². The van der Waals surface area contributed by atoms with Crippen LogP contribution in [0, 0.1) is 6.92 Å². The Bertz CT molecular complexity index is 609. The third-order valence-electron chi connectivity index (χ3n) is 3.75. The molecular weight excluding hydrogens is 304 g/mol. The molecule has 0 N–H and O–H groups in total. The summed E-state index contributed by atoms with van der Waals surface area (Å²) in [5, 5.41) is 0. The first-order valence-electron chi connectivity index (χ1n) is 7.15. The highest BCUT2D eigenvalue weighted by Gasteiger charge is 2.33. The van der Waals surface area contributed by atoms with Crippen molar-refractivity contribution in [3.63, 3.8) is 0 Å². The molecule has 1 atom stereocenters. The van der Waals surface area contributed by atoms with Gasteiger partial charge in [0.15, 0.2) is 13.1 Å². The van der Waals surface area contributed by atoms with E-state index in [1.165, 1.54) is 14.2 Å². The summed E-state index contributed by atoms with van der Waals surface area (Å²) >= 11 is 0. The van der Waals surface area contributed by atoms with Crippen molar-refractivity contribution < 1.29 is 33.3 Å². The van der Waals surface area contributed by atoms with E-state index >= 15 is 0 Å². The average Bonchev–Trinajstić information content (AvgIpc) is 2.93.